The minimum Gasteiger partial charge on any atom is -0.493 e. The molecule has 1 N–H and O–H groups in total. The molecule has 2 unspecified atom stereocenters. The van der Waals surface area contributed by atoms with Crippen molar-refractivity contribution < 1.29 is 33.5 Å². The van der Waals surface area contributed by atoms with Crippen molar-refractivity contribution in [2.75, 3.05) is 27.6 Å². The number of rotatable bonds is 6. The maximum atomic E-state index is 10.8. The molecule has 3 aliphatic rings. The Hall–Kier alpha value is -3.68. The molecule has 0 spiro atoms. The lowest BCUT2D eigenvalue weighted by Crippen LogP contribution is -2.21. The first kappa shape index (κ1) is 21.8. The third-order valence-electron chi connectivity index (χ3n) is 6.79. The van der Waals surface area contributed by atoms with Crippen LogP contribution in [0.5, 0.6) is 28.7 Å². The van der Waals surface area contributed by atoms with Crippen LogP contribution in [0.1, 0.15) is 28.2 Å². The van der Waals surface area contributed by atoms with Crippen LogP contribution < -0.4 is 23.7 Å². The molecule has 2 heterocycles. The number of ether oxygens (including phenoxy) is 6. The van der Waals surface area contributed by atoms with Gasteiger partial charge in [-0.15, -0.1) is 0 Å². The second kappa shape index (κ2) is 8.83. The summed E-state index contributed by atoms with van der Waals surface area (Å²) >= 11 is 0. The van der Waals surface area contributed by atoms with Gasteiger partial charge in [-0.05, 0) is 64.1 Å². The molecule has 7 nitrogen and oxygen atoms in total. The van der Waals surface area contributed by atoms with E-state index in [2.05, 4.69) is 0 Å². The number of hydrogen-bond acceptors (Lipinski definition) is 7. The highest BCUT2D eigenvalue weighted by Crippen LogP contribution is 2.51. The molecular weight excluding hydrogens is 448 g/mol. The molecule has 2 atom stereocenters. The Bertz CT molecular complexity index is 1270. The first-order chi connectivity index (χ1) is 17.2. The van der Waals surface area contributed by atoms with Crippen molar-refractivity contribution in [3.05, 3.63) is 88.0 Å². The van der Waals surface area contributed by atoms with Gasteiger partial charge in [0.1, 0.15) is 6.61 Å². The predicted molar refractivity (Wildman–Crippen MR) is 127 cm³/mol. The summed E-state index contributed by atoms with van der Waals surface area (Å²) in [5, 5.41) is 10.8. The summed E-state index contributed by atoms with van der Waals surface area (Å²) in [6, 6.07) is 17.9. The molecule has 6 rings (SSSR count). The first-order valence-corrected chi connectivity index (χ1v) is 11.5. The van der Waals surface area contributed by atoms with Crippen molar-refractivity contribution in [3.8, 4) is 28.7 Å². The first-order valence-electron chi connectivity index (χ1n) is 11.5. The van der Waals surface area contributed by atoms with Gasteiger partial charge >= 0.3 is 0 Å². The lowest BCUT2D eigenvalue weighted by Gasteiger charge is -2.30. The fourth-order valence-corrected chi connectivity index (χ4v) is 5.14. The molecule has 35 heavy (non-hydrogen) atoms. The molecule has 0 saturated heterocycles. The Morgan fingerprint density at radius 1 is 0.943 bits per heavy atom. The summed E-state index contributed by atoms with van der Waals surface area (Å²) in [7, 11) is 3.22. The molecule has 0 amide bonds. The van der Waals surface area contributed by atoms with Crippen molar-refractivity contribution in [1.82, 2.24) is 0 Å². The van der Waals surface area contributed by atoms with Gasteiger partial charge in [-0.25, -0.2) is 0 Å². The van der Waals surface area contributed by atoms with E-state index in [-0.39, 0.29) is 12.7 Å². The van der Waals surface area contributed by atoms with Gasteiger partial charge in [0.2, 0.25) is 12.5 Å². The van der Waals surface area contributed by atoms with Crippen LogP contribution in [-0.4, -0.2) is 39.0 Å². The zero-order valence-corrected chi connectivity index (χ0v) is 19.6. The van der Waals surface area contributed by atoms with Gasteiger partial charge in [-0.2, -0.15) is 0 Å². The molecule has 3 aromatic rings. The number of aliphatic hydroxyl groups excluding tert-OH is 1. The van der Waals surface area contributed by atoms with E-state index >= 15 is 0 Å². The van der Waals surface area contributed by atoms with Gasteiger partial charge in [0, 0.05) is 5.92 Å². The van der Waals surface area contributed by atoms with Crippen molar-refractivity contribution in [1.29, 1.82) is 0 Å². The van der Waals surface area contributed by atoms with E-state index < -0.39 is 6.29 Å². The van der Waals surface area contributed by atoms with E-state index in [4.69, 9.17) is 28.4 Å². The van der Waals surface area contributed by atoms with E-state index in [0.717, 1.165) is 39.1 Å². The minimum absolute atomic E-state index is 0.205. The molecule has 0 radical (unpaired) electrons. The van der Waals surface area contributed by atoms with Gasteiger partial charge in [-0.3, -0.25) is 0 Å². The lowest BCUT2D eigenvalue weighted by atomic mass is 9.75. The molecule has 0 fully saturated rings. The number of fused-ring (bicyclic) bond motifs is 2. The fraction of sp³-hybridized carbons (Fsp3) is 0.286. The zero-order chi connectivity index (χ0) is 23.9. The summed E-state index contributed by atoms with van der Waals surface area (Å²) in [5.74, 6) is 2.82. The van der Waals surface area contributed by atoms with Crippen LogP contribution in [-0.2, 0) is 17.8 Å². The number of methoxy groups -OCH3 is 2. The highest BCUT2D eigenvalue weighted by molar-refractivity contribution is 5.62. The Morgan fingerprint density at radius 3 is 2.37 bits per heavy atom. The summed E-state index contributed by atoms with van der Waals surface area (Å²) < 4.78 is 34.6. The molecule has 7 heteroatoms. The predicted octanol–water partition coefficient (Wildman–Crippen LogP) is 4.34. The van der Waals surface area contributed by atoms with Gasteiger partial charge in [-0.1, -0.05) is 30.3 Å². The van der Waals surface area contributed by atoms with E-state index in [0.29, 0.717) is 42.6 Å². The van der Waals surface area contributed by atoms with Crippen LogP contribution in [0.25, 0.3) is 0 Å². The van der Waals surface area contributed by atoms with Crippen LogP contribution in [0.15, 0.2) is 65.7 Å². The van der Waals surface area contributed by atoms with Crippen molar-refractivity contribution >= 4 is 0 Å². The highest BCUT2D eigenvalue weighted by atomic mass is 16.7. The smallest absolute Gasteiger partial charge is 0.231 e. The summed E-state index contributed by atoms with van der Waals surface area (Å²) in [4.78, 5) is 0. The quantitative estimate of drug-likeness (QED) is 0.533. The maximum Gasteiger partial charge on any atom is 0.231 e. The molecular formula is C28H26O7. The topological polar surface area (TPSA) is 75.6 Å². The maximum absolute atomic E-state index is 10.8. The van der Waals surface area contributed by atoms with Crippen LogP contribution in [0.3, 0.4) is 0 Å². The van der Waals surface area contributed by atoms with Crippen molar-refractivity contribution in [3.63, 3.8) is 0 Å². The molecule has 0 bridgehead atoms. The van der Waals surface area contributed by atoms with E-state index in [9.17, 15) is 5.11 Å². The third-order valence-corrected chi connectivity index (χ3v) is 6.79. The Morgan fingerprint density at radius 2 is 1.66 bits per heavy atom. The minimum atomic E-state index is -0.973. The second-order valence-electron chi connectivity index (χ2n) is 8.77. The van der Waals surface area contributed by atoms with Crippen LogP contribution in [0, 0.1) is 0 Å². The molecule has 1 aliphatic carbocycles. The summed E-state index contributed by atoms with van der Waals surface area (Å²) in [5.41, 5.74) is 6.05. The highest BCUT2D eigenvalue weighted by Gasteiger charge is 2.39. The number of aliphatic hydroxyl groups is 1. The number of hydrogen-bond donors (Lipinski definition) is 1. The molecule has 3 aromatic carbocycles. The summed E-state index contributed by atoms with van der Waals surface area (Å²) in [6.07, 6.45) is -0.277. The van der Waals surface area contributed by atoms with E-state index in [1.165, 1.54) is 0 Å². The van der Waals surface area contributed by atoms with Gasteiger partial charge in [0.25, 0.3) is 0 Å². The fourth-order valence-electron chi connectivity index (χ4n) is 5.14. The van der Waals surface area contributed by atoms with Gasteiger partial charge < -0.3 is 33.5 Å². The van der Waals surface area contributed by atoms with Crippen LogP contribution >= 0.6 is 0 Å². The Labute approximate surface area is 203 Å². The SMILES string of the molecule is COc1cc(C2C3=C(COC3O)Cc3cc4c(cc32)OCO4)cc(OC)c1OCc1ccccc1. The average Bonchev–Trinajstić information content (AvgIpc) is 3.50. The van der Waals surface area contributed by atoms with Crippen LogP contribution in [0.4, 0.5) is 0 Å². The second-order valence-corrected chi connectivity index (χ2v) is 8.77. The molecule has 2 aliphatic heterocycles. The Kier molecular flexibility index (Phi) is 5.51. The molecule has 180 valence electrons. The van der Waals surface area contributed by atoms with Crippen molar-refractivity contribution in [2.24, 2.45) is 0 Å². The third kappa shape index (κ3) is 3.77. The van der Waals surface area contributed by atoms with E-state index in [1.54, 1.807) is 14.2 Å². The molecule has 0 aromatic heterocycles. The van der Waals surface area contributed by atoms with Gasteiger partial charge in [0.05, 0.1) is 20.8 Å². The lowest BCUT2D eigenvalue weighted by molar-refractivity contribution is -0.0480. The molecule has 0 saturated carbocycles. The average molecular weight is 475 g/mol. The van der Waals surface area contributed by atoms with Gasteiger partial charge in [0.15, 0.2) is 29.3 Å². The van der Waals surface area contributed by atoms with E-state index in [1.807, 2.05) is 54.6 Å². The number of benzene rings is 3. The monoisotopic (exact) mass is 474 g/mol. The largest absolute Gasteiger partial charge is 0.493 e. The van der Waals surface area contributed by atoms with Crippen LogP contribution in [0.2, 0.25) is 0 Å². The normalized spacial score (nSPS) is 19.9. The standard InChI is InChI=1S/C28H26O7/c1-30-23-10-18(11-24(31-2)27(23)32-13-16-6-4-3-5-7-16)25-20-12-22-21(34-15-35-22)9-17(20)8-19-14-33-28(29)26(19)25/h3-7,9-12,25,28-29H,8,13-15H2,1-2H3. The zero-order valence-electron chi connectivity index (χ0n) is 19.6. The Balaban J connectivity index is 1.45. The van der Waals surface area contributed by atoms with Crippen molar-refractivity contribution in [2.45, 2.75) is 25.2 Å². The summed E-state index contributed by atoms with van der Waals surface area (Å²) in [6.45, 7) is 0.981.